The van der Waals surface area contributed by atoms with Gasteiger partial charge in [0.15, 0.2) is 0 Å². The molecule has 0 radical (unpaired) electrons. The molecule has 1 heterocycles. The van der Waals surface area contributed by atoms with Gasteiger partial charge in [-0.2, -0.15) is 0 Å². The number of aliphatic hydroxyl groups is 1. The monoisotopic (exact) mass is 292 g/mol. The maximum atomic E-state index is 13.8. The van der Waals surface area contributed by atoms with E-state index >= 15 is 0 Å². The first-order valence-electron chi connectivity index (χ1n) is 6.51. The number of benzene rings is 1. The van der Waals surface area contributed by atoms with Gasteiger partial charge in [-0.05, 0) is 37.3 Å². The Hall–Kier alpha value is -2.34. The van der Waals surface area contributed by atoms with Gasteiger partial charge >= 0.3 is 6.03 Å². The Kier molecular flexibility index (Phi) is 4.59. The third kappa shape index (κ3) is 3.41. The number of hydrogen-bond donors (Lipinski definition) is 2. The summed E-state index contributed by atoms with van der Waals surface area (Å²) in [5.74, 6) is 0.0475. The predicted molar refractivity (Wildman–Crippen MR) is 77.4 cm³/mol. The Morgan fingerprint density at radius 3 is 2.86 bits per heavy atom. The molecule has 21 heavy (non-hydrogen) atoms. The molecule has 2 aromatic rings. The zero-order valence-electron chi connectivity index (χ0n) is 11.8. The molecule has 1 atom stereocenters. The van der Waals surface area contributed by atoms with Crippen molar-refractivity contribution in [2.75, 3.05) is 19.0 Å². The molecule has 6 heteroatoms. The second-order valence-corrected chi connectivity index (χ2v) is 4.74. The number of anilines is 1. The summed E-state index contributed by atoms with van der Waals surface area (Å²) in [5.41, 5.74) is 0.723. The fourth-order valence-electron chi connectivity index (χ4n) is 1.74. The molecule has 112 valence electrons. The number of carbonyl (C=O) groups is 1. The van der Waals surface area contributed by atoms with Crippen LogP contribution in [0, 0.1) is 5.82 Å². The number of hydrogen-bond acceptors (Lipinski definition) is 3. The van der Waals surface area contributed by atoms with Gasteiger partial charge in [0.1, 0.15) is 11.6 Å². The molecule has 0 bridgehead atoms. The maximum Gasteiger partial charge on any atom is 0.321 e. The Balaban J connectivity index is 2.20. The molecule has 2 rings (SSSR count). The van der Waals surface area contributed by atoms with Crippen molar-refractivity contribution in [1.82, 2.24) is 4.90 Å². The summed E-state index contributed by atoms with van der Waals surface area (Å²) in [6.45, 7) is 1.52. The molecule has 1 aromatic heterocycles. The van der Waals surface area contributed by atoms with Gasteiger partial charge in [-0.3, -0.25) is 0 Å². The topological polar surface area (TPSA) is 65.7 Å². The zero-order chi connectivity index (χ0) is 15.4. The molecular weight excluding hydrogens is 275 g/mol. The largest absolute Gasteiger partial charge is 0.464 e. The number of nitrogens with zero attached hydrogens (tertiary/aromatic N) is 1. The average Bonchev–Trinajstić information content (AvgIpc) is 3.02. The van der Waals surface area contributed by atoms with Crippen LogP contribution in [-0.2, 0) is 0 Å². The Morgan fingerprint density at radius 1 is 1.48 bits per heavy atom. The lowest BCUT2D eigenvalue weighted by molar-refractivity contribution is 0.166. The van der Waals surface area contributed by atoms with Crippen LogP contribution < -0.4 is 5.32 Å². The van der Waals surface area contributed by atoms with Crippen LogP contribution in [0.2, 0.25) is 0 Å². The highest BCUT2D eigenvalue weighted by molar-refractivity contribution is 5.90. The summed E-state index contributed by atoms with van der Waals surface area (Å²) < 4.78 is 19.0. The van der Waals surface area contributed by atoms with E-state index in [1.165, 1.54) is 30.3 Å². The molecule has 2 amide bonds. The Morgan fingerprint density at radius 2 is 2.24 bits per heavy atom. The van der Waals surface area contributed by atoms with Crippen molar-refractivity contribution in [1.29, 1.82) is 0 Å². The number of rotatable bonds is 4. The maximum absolute atomic E-state index is 13.8. The van der Waals surface area contributed by atoms with Gasteiger partial charge in [-0.15, -0.1) is 0 Å². The van der Waals surface area contributed by atoms with Crippen molar-refractivity contribution in [3.05, 3.63) is 42.4 Å². The quantitative estimate of drug-likeness (QED) is 0.910. The van der Waals surface area contributed by atoms with Gasteiger partial charge in [0.05, 0.1) is 24.6 Å². The second kappa shape index (κ2) is 6.41. The third-order valence-corrected chi connectivity index (χ3v) is 3.26. The van der Waals surface area contributed by atoms with Crippen LogP contribution in [0.25, 0.3) is 11.3 Å². The van der Waals surface area contributed by atoms with Crippen molar-refractivity contribution in [2.45, 2.75) is 13.0 Å². The lowest BCUT2D eigenvalue weighted by Crippen LogP contribution is -2.40. The summed E-state index contributed by atoms with van der Waals surface area (Å²) in [6.07, 6.45) is 1.52. The van der Waals surface area contributed by atoms with Crippen molar-refractivity contribution < 1.29 is 18.7 Å². The molecule has 2 N–H and O–H groups in total. The van der Waals surface area contributed by atoms with Crippen molar-refractivity contribution in [3.8, 4) is 11.3 Å². The number of amides is 2. The SMILES string of the molecule is CC(CO)N(C)C(=O)Nc1cc(-c2ccco2)ccc1F. The molecule has 0 spiro atoms. The zero-order valence-corrected chi connectivity index (χ0v) is 11.8. The van der Waals surface area contributed by atoms with Gasteiger partial charge in [0, 0.05) is 12.6 Å². The standard InChI is InChI=1S/C15H17FN2O3/c1-10(9-19)18(2)15(20)17-13-8-11(5-6-12(13)16)14-4-3-7-21-14/h3-8,10,19H,9H2,1-2H3,(H,17,20). The number of furan rings is 1. The summed E-state index contributed by atoms with van der Waals surface area (Å²) in [6, 6.07) is 6.97. The first-order valence-corrected chi connectivity index (χ1v) is 6.51. The van der Waals surface area contributed by atoms with E-state index in [-0.39, 0.29) is 18.3 Å². The smallest absolute Gasteiger partial charge is 0.321 e. The van der Waals surface area contributed by atoms with Crippen LogP contribution >= 0.6 is 0 Å². The molecule has 1 unspecified atom stereocenters. The van der Waals surface area contributed by atoms with E-state index in [1.807, 2.05) is 0 Å². The summed E-state index contributed by atoms with van der Waals surface area (Å²) in [5, 5.41) is 11.5. The Bertz CT molecular complexity index is 613. The van der Waals surface area contributed by atoms with Gasteiger partial charge in [0.2, 0.25) is 0 Å². The van der Waals surface area contributed by atoms with Gasteiger partial charge in [0.25, 0.3) is 0 Å². The molecule has 0 aliphatic heterocycles. The minimum absolute atomic E-state index is 0.0610. The lowest BCUT2D eigenvalue weighted by Gasteiger charge is -2.23. The van der Waals surface area contributed by atoms with Gasteiger partial charge < -0.3 is 19.7 Å². The number of halogens is 1. The number of carbonyl (C=O) groups excluding carboxylic acids is 1. The van der Waals surface area contributed by atoms with E-state index in [2.05, 4.69) is 5.32 Å². The van der Waals surface area contributed by atoms with E-state index < -0.39 is 11.8 Å². The van der Waals surface area contributed by atoms with Crippen LogP contribution in [0.4, 0.5) is 14.9 Å². The fraction of sp³-hybridized carbons (Fsp3) is 0.267. The minimum atomic E-state index is -0.538. The van der Waals surface area contributed by atoms with E-state index in [1.54, 1.807) is 25.1 Å². The highest BCUT2D eigenvalue weighted by atomic mass is 19.1. The summed E-state index contributed by atoms with van der Waals surface area (Å²) in [4.78, 5) is 13.3. The van der Waals surface area contributed by atoms with Crippen LogP contribution in [0.5, 0.6) is 0 Å². The van der Waals surface area contributed by atoms with Crippen LogP contribution in [0.15, 0.2) is 41.0 Å². The van der Waals surface area contributed by atoms with Gasteiger partial charge in [-0.25, -0.2) is 9.18 Å². The highest BCUT2D eigenvalue weighted by Gasteiger charge is 2.17. The van der Waals surface area contributed by atoms with E-state index in [9.17, 15) is 9.18 Å². The molecule has 0 aliphatic rings. The predicted octanol–water partition coefficient (Wildman–Crippen LogP) is 2.93. The summed E-state index contributed by atoms with van der Waals surface area (Å²) in [7, 11) is 1.53. The van der Waals surface area contributed by atoms with E-state index in [0.717, 1.165) is 0 Å². The minimum Gasteiger partial charge on any atom is -0.464 e. The van der Waals surface area contributed by atoms with E-state index in [4.69, 9.17) is 9.52 Å². The van der Waals surface area contributed by atoms with E-state index in [0.29, 0.717) is 11.3 Å². The molecule has 0 saturated heterocycles. The first kappa shape index (κ1) is 15.1. The fourth-order valence-corrected chi connectivity index (χ4v) is 1.74. The molecule has 1 aromatic carbocycles. The lowest BCUT2D eigenvalue weighted by atomic mass is 10.1. The second-order valence-electron chi connectivity index (χ2n) is 4.74. The van der Waals surface area contributed by atoms with Crippen LogP contribution in [0.1, 0.15) is 6.92 Å². The third-order valence-electron chi connectivity index (χ3n) is 3.26. The average molecular weight is 292 g/mol. The number of nitrogens with one attached hydrogen (secondary N) is 1. The molecule has 0 aliphatic carbocycles. The number of likely N-dealkylation sites (N-methyl/N-ethyl adjacent to an activating group) is 1. The number of aliphatic hydroxyl groups excluding tert-OH is 1. The molecule has 0 fully saturated rings. The van der Waals surface area contributed by atoms with Crippen molar-refractivity contribution >= 4 is 11.7 Å². The molecule has 5 nitrogen and oxygen atoms in total. The molecular formula is C15H17FN2O3. The highest BCUT2D eigenvalue weighted by Crippen LogP contribution is 2.25. The van der Waals surface area contributed by atoms with Crippen LogP contribution in [0.3, 0.4) is 0 Å². The van der Waals surface area contributed by atoms with Crippen LogP contribution in [-0.4, -0.2) is 35.7 Å². The van der Waals surface area contributed by atoms with Gasteiger partial charge in [-0.1, -0.05) is 0 Å². The van der Waals surface area contributed by atoms with Crippen molar-refractivity contribution in [3.63, 3.8) is 0 Å². The van der Waals surface area contributed by atoms with Crippen molar-refractivity contribution in [2.24, 2.45) is 0 Å². The first-order chi connectivity index (χ1) is 10.0. The number of urea groups is 1. The molecule has 0 saturated carbocycles. The Labute approximate surface area is 122 Å². The summed E-state index contributed by atoms with van der Waals surface area (Å²) >= 11 is 0. The normalized spacial score (nSPS) is 12.0.